The maximum Gasteiger partial charge on any atom is 0.149 e. The van der Waals surface area contributed by atoms with Crippen LogP contribution in [0.4, 0.5) is 11.4 Å². The Morgan fingerprint density at radius 2 is 1.88 bits per heavy atom. The first kappa shape index (κ1) is 15.6. The zero-order chi connectivity index (χ0) is 17.1. The molecule has 1 aliphatic rings. The highest BCUT2D eigenvalue weighted by Crippen LogP contribution is 2.30. The first-order valence-corrected chi connectivity index (χ1v) is 8.61. The molecular formula is C19H21N5O. The van der Waals surface area contributed by atoms with E-state index >= 15 is 0 Å². The summed E-state index contributed by atoms with van der Waals surface area (Å²) in [6, 6.07) is 8.12. The average Bonchev–Trinajstić information content (AvgIpc) is 2.64. The number of aromatic nitrogens is 3. The van der Waals surface area contributed by atoms with Gasteiger partial charge in [0, 0.05) is 42.6 Å². The topological polar surface area (TPSA) is 86.0 Å². The summed E-state index contributed by atoms with van der Waals surface area (Å²) >= 11 is 0. The average molecular weight is 335 g/mol. The van der Waals surface area contributed by atoms with E-state index in [0.717, 1.165) is 48.2 Å². The van der Waals surface area contributed by atoms with Crippen LogP contribution in [0.15, 0.2) is 49.1 Å². The van der Waals surface area contributed by atoms with Gasteiger partial charge < -0.3 is 15.8 Å². The first-order valence-electron chi connectivity index (χ1n) is 8.61. The Morgan fingerprint density at radius 1 is 1.04 bits per heavy atom. The fourth-order valence-corrected chi connectivity index (χ4v) is 3.34. The van der Waals surface area contributed by atoms with Gasteiger partial charge in [-0.15, -0.1) is 0 Å². The molecular weight excluding hydrogens is 314 g/mol. The van der Waals surface area contributed by atoms with Gasteiger partial charge in [0.1, 0.15) is 11.3 Å². The van der Waals surface area contributed by atoms with Crippen molar-refractivity contribution in [2.75, 3.05) is 11.1 Å². The molecule has 2 aromatic heterocycles. The molecule has 6 nitrogen and oxygen atoms in total. The number of pyridine rings is 1. The van der Waals surface area contributed by atoms with E-state index in [0.29, 0.717) is 11.7 Å². The lowest BCUT2D eigenvalue weighted by atomic mass is 9.92. The van der Waals surface area contributed by atoms with E-state index in [1.807, 2.05) is 30.5 Å². The minimum atomic E-state index is 0.180. The Hall–Kier alpha value is -2.89. The van der Waals surface area contributed by atoms with Gasteiger partial charge in [0.05, 0.1) is 17.3 Å². The SMILES string of the molecule is Nc1cc(OC2CCC(Nc3cccnc3)CC2)c2nccnc2c1. The van der Waals surface area contributed by atoms with Crippen LogP contribution in [0.3, 0.4) is 0 Å². The molecule has 2 heterocycles. The third-order valence-corrected chi connectivity index (χ3v) is 4.56. The molecule has 0 aliphatic heterocycles. The molecule has 25 heavy (non-hydrogen) atoms. The van der Waals surface area contributed by atoms with E-state index in [1.165, 1.54) is 0 Å². The predicted octanol–water partition coefficient (Wildman–Crippen LogP) is 3.41. The van der Waals surface area contributed by atoms with Gasteiger partial charge in [0.15, 0.2) is 0 Å². The Bertz CT molecular complexity index is 847. The Kier molecular flexibility index (Phi) is 4.33. The molecule has 4 rings (SSSR count). The third kappa shape index (κ3) is 3.63. The standard InChI is InChI=1S/C19H21N5O/c20-13-10-17-19(23-9-8-22-17)18(11-13)25-16-5-3-14(4-6-16)24-15-2-1-7-21-12-15/h1-2,7-12,14,16,24H,3-6,20H2. The number of anilines is 2. The Balaban J connectivity index is 1.41. The number of nitrogens with one attached hydrogen (secondary N) is 1. The quantitative estimate of drug-likeness (QED) is 0.711. The molecule has 1 aromatic carbocycles. The van der Waals surface area contributed by atoms with Crippen molar-refractivity contribution in [1.82, 2.24) is 15.0 Å². The molecule has 0 unspecified atom stereocenters. The van der Waals surface area contributed by atoms with Crippen molar-refractivity contribution in [1.29, 1.82) is 0 Å². The fraction of sp³-hybridized carbons (Fsp3) is 0.316. The molecule has 0 atom stereocenters. The summed E-state index contributed by atoms with van der Waals surface area (Å²) in [5.41, 5.74) is 9.23. The molecule has 0 amide bonds. The lowest BCUT2D eigenvalue weighted by Gasteiger charge is -2.30. The van der Waals surface area contributed by atoms with Gasteiger partial charge in [-0.05, 0) is 43.9 Å². The van der Waals surface area contributed by atoms with Crippen molar-refractivity contribution in [3.8, 4) is 5.75 Å². The number of hydrogen-bond acceptors (Lipinski definition) is 6. The fourth-order valence-electron chi connectivity index (χ4n) is 3.34. The summed E-state index contributed by atoms with van der Waals surface area (Å²) < 4.78 is 6.23. The number of nitrogens with two attached hydrogens (primary N) is 1. The zero-order valence-corrected chi connectivity index (χ0v) is 13.9. The largest absolute Gasteiger partial charge is 0.488 e. The van der Waals surface area contributed by atoms with E-state index in [2.05, 4.69) is 20.3 Å². The molecule has 1 aliphatic carbocycles. The molecule has 128 valence electrons. The second kappa shape index (κ2) is 6.93. The number of fused-ring (bicyclic) bond motifs is 1. The van der Waals surface area contributed by atoms with E-state index in [9.17, 15) is 0 Å². The second-order valence-corrected chi connectivity index (χ2v) is 6.42. The van der Waals surface area contributed by atoms with Crippen molar-refractivity contribution in [2.45, 2.75) is 37.8 Å². The molecule has 0 saturated heterocycles. The molecule has 3 aromatic rings. The number of benzene rings is 1. The second-order valence-electron chi connectivity index (χ2n) is 6.42. The van der Waals surface area contributed by atoms with Crippen LogP contribution in [0.5, 0.6) is 5.75 Å². The number of hydrogen-bond donors (Lipinski definition) is 2. The van der Waals surface area contributed by atoms with Crippen molar-refractivity contribution < 1.29 is 4.74 Å². The van der Waals surface area contributed by atoms with E-state index < -0.39 is 0 Å². The van der Waals surface area contributed by atoms with Crippen LogP contribution >= 0.6 is 0 Å². The molecule has 3 N–H and O–H groups in total. The number of nitrogens with zero attached hydrogens (tertiary/aromatic N) is 3. The summed E-state index contributed by atoms with van der Waals surface area (Å²) in [6.45, 7) is 0. The van der Waals surface area contributed by atoms with Crippen LogP contribution in [-0.4, -0.2) is 27.1 Å². The monoisotopic (exact) mass is 335 g/mol. The van der Waals surface area contributed by atoms with E-state index in [4.69, 9.17) is 10.5 Å². The van der Waals surface area contributed by atoms with Gasteiger partial charge in [-0.2, -0.15) is 0 Å². The van der Waals surface area contributed by atoms with Gasteiger partial charge in [0.2, 0.25) is 0 Å². The van der Waals surface area contributed by atoms with Crippen molar-refractivity contribution in [3.63, 3.8) is 0 Å². The summed E-state index contributed by atoms with van der Waals surface area (Å²) in [6.07, 6.45) is 11.3. The molecule has 1 fully saturated rings. The van der Waals surface area contributed by atoms with Crippen LogP contribution in [0.1, 0.15) is 25.7 Å². The highest BCUT2D eigenvalue weighted by Gasteiger charge is 2.23. The minimum absolute atomic E-state index is 0.180. The highest BCUT2D eigenvalue weighted by atomic mass is 16.5. The van der Waals surface area contributed by atoms with Crippen LogP contribution < -0.4 is 15.8 Å². The Morgan fingerprint density at radius 3 is 2.68 bits per heavy atom. The first-order chi connectivity index (χ1) is 12.3. The minimum Gasteiger partial charge on any atom is -0.488 e. The maximum atomic E-state index is 6.23. The summed E-state index contributed by atoms with van der Waals surface area (Å²) in [5.74, 6) is 0.728. The maximum absolute atomic E-state index is 6.23. The molecule has 6 heteroatoms. The van der Waals surface area contributed by atoms with Crippen molar-refractivity contribution >= 4 is 22.4 Å². The summed E-state index contributed by atoms with van der Waals surface area (Å²) in [5, 5.41) is 3.54. The van der Waals surface area contributed by atoms with E-state index in [-0.39, 0.29) is 6.10 Å². The van der Waals surface area contributed by atoms with Crippen LogP contribution in [-0.2, 0) is 0 Å². The van der Waals surface area contributed by atoms with Crippen LogP contribution in [0, 0.1) is 0 Å². The highest BCUT2D eigenvalue weighted by molar-refractivity contribution is 5.84. The number of nitrogen functional groups attached to an aromatic ring is 1. The Labute approximate surface area is 146 Å². The van der Waals surface area contributed by atoms with Crippen molar-refractivity contribution in [3.05, 3.63) is 49.1 Å². The molecule has 0 bridgehead atoms. The summed E-state index contributed by atoms with van der Waals surface area (Å²) in [7, 11) is 0. The number of rotatable bonds is 4. The predicted molar refractivity (Wildman–Crippen MR) is 98.5 cm³/mol. The molecule has 0 radical (unpaired) electrons. The van der Waals surface area contributed by atoms with Gasteiger partial charge in [0.25, 0.3) is 0 Å². The lowest BCUT2D eigenvalue weighted by molar-refractivity contribution is 0.152. The number of ether oxygens (including phenoxy) is 1. The normalized spacial score (nSPS) is 20.3. The van der Waals surface area contributed by atoms with E-state index in [1.54, 1.807) is 18.6 Å². The van der Waals surface area contributed by atoms with Crippen LogP contribution in [0.2, 0.25) is 0 Å². The lowest BCUT2D eigenvalue weighted by Crippen LogP contribution is -2.31. The van der Waals surface area contributed by atoms with Crippen LogP contribution in [0.25, 0.3) is 11.0 Å². The molecule has 0 spiro atoms. The zero-order valence-electron chi connectivity index (χ0n) is 13.9. The third-order valence-electron chi connectivity index (χ3n) is 4.56. The smallest absolute Gasteiger partial charge is 0.149 e. The summed E-state index contributed by atoms with van der Waals surface area (Å²) in [4.78, 5) is 12.9. The molecule has 1 saturated carbocycles. The van der Waals surface area contributed by atoms with Gasteiger partial charge >= 0.3 is 0 Å². The van der Waals surface area contributed by atoms with Crippen molar-refractivity contribution in [2.24, 2.45) is 0 Å². The van der Waals surface area contributed by atoms with Gasteiger partial charge in [-0.3, -0.25) is 9.97 Å². The van der Waals surface area contributed by atoms with Gasteiger partial charge in [-0.25, -0.2) is 4.98 Å². The van der Waals surface area contributed by atoms with Gasteiger partial charge in [-0.1, -0.05) is 0 Å².